The third-order valence-electron chi connectivity index (χ3n) is 2.44. The minimum atomic E-state index is -0.755. The van der Waals surface area contributed by atoms with Gasteiger partial charge in [-0.3, -0.25) is 4.79 Å². The number of aliphatic carboxylic acids is 1. The Labute approximate surface area is 102 Å². The average molecular weight is 259 g/mol. The number of nitrogens with zero attached hydrogens (tertiary/aromatic N) is 2. The van der Waals surface area contributed by atoms with Crippen LogP contribution in [-0.2, 0) is 11.2 Å². The van der Waals surface area contributed by atoms with Crippen LogP contribution in [0.1, 0.15) is 19.2 Å². The number of carbonyl (C=O) groups is 1. The first kappa shape index (κ1) is 11.8. The molecule has 2 rings (SSSR count). The van der Waals surface area contributed by atoms with Crippen molar-refractivity contribution in [3.05, 3.63) is 5.82 Å². The van der Waals surface area contributed by atoms with E-state index >= 15 is 0 Å². The molecule has 1 saturated heterocycles. The number of carboxylic acids is 1. The molecule has 88 valence electrons. The lowest BCUT2D eigenvalue weighted by Gasteiger charge is -2.39. The number of aryl methyl sites for hydroxylation is 1. The van der Waals surface area contributed by atoms with E-state index < -0.39 is 5.97 Å². The van der Waals surface area contributed by atoms with E-state index in [4.69, 9.17) is 5.11 Å². The van der Waals surface area contributed by atoms with Crippen molar-refractivity contribution in [2.45, 2.75) is 28.9 Å². The van der Waals surface area contributed by atoms with E-state index in [1.165, 1.54) is 11.5 Å². The van der Waals surface area contributed by atoms with Crippen LogP contribution < -0.4 is 5.32 Å². The van der Waals surface area contributed by atoms with Gasteiger partial charge in [0, 0.05) is 19.5 Å². The molecule has 0 aliphatic carbocycles. The lowest BCUT2D eigenvalue weighted by Crippen LogP contribution is -2.57. The molecular weight excluding hydrogens is 246 g/mol. The second kappa shape index (κ2) is 4.68. The predicted octanol–water partition coefficient (Wildman–Crippen LogP) is 1.01. The molecule has 1 aliphatic heterocycles. The standard InChI is InChI=1S/C9H13N3O2S2/c1-2-6-11-8(16-12-6)15-9(3-7(13)14)4-10-5-9/h10H,2-5H2,1H3,(H,13,14). The van der Waals surface area contributed by atoms with Gasteiger partial charge in [0.25, 0.3) is 0 Å². The Morgan fingerprint density at radius 3 is 2.88 bits per heavy atom. The third kappa shape index (κ3) is 2.53. The smallest absolute Gasteiger partial charge is 0.304 e. The van der Waals surface area contributed by atoms with Crippen LogP contribution in [0.25, 0.3) is 0 Å². The molecule has 7 heteroatoms. The van der Waals surface area contributed by atoms with Gasteiger partial charge >= 0.3 is 5.97 Å². The fourth-order valence-corrected chi connectivity index (χ4v) is 3.88. The van der Waals surface area contributed by atoms with Crippen LogP contribution in [0.2, 0.25) is 0 Å². The maximum absolute atomic E-state index is 10.8. The van der Waals surface area contributed by atoms with Gasteiger partial charge in [0.2, 0.25) is 0 Å². The molecule has 2 N–H and O–H groups in total. The van der Waals surface area contributed by atoms with Crippen LogP contribution in [0.5, 0.6) is 0 Å². The number of aromatic nitrogens is 2. The molecule has 0 aromatic carbocycles. The van der Waals surface area contributed by atoms with Crippen molar-refractivity contribution < 1.29 is 9.90 Å². The maximum Gasteiger partial charge on any atom is 0.304 e. The molecule has 0 saturated carbocycles. The van der Waals surface area contributed by atoms with Crippen LogP contribution in [0.4, 0.5) is 0 Å². The Morgan fingerprint density at radius 1 is 1.69 bits per heavy atom. The maximum atomic E-state index is 10.8. The molecule has 0 bridgehead atoms. The Morgan fingerprint density at radius 2 is 2.44 bits per heavy atom. The van der Waals surface area contributed by atoms with Gasteiger partial charge in [-0.05, 0) is 11.5 Å². The molecule has 1 aromatic heterocycles. The number of hydrogen-bond acceptors (Lipinski definition) is 6. The van der Waals surface area contributed by atoms with Gasteiger partial charge in [-0.1, -0.05) is 18.7 Å². The largest absolute Gasteiger partial charge is 0.481 e. The lowest BCUT2D eigenvalue weighted by atomic mass is 9.98. The molecule has 0 amide bonds. The minimum absolute atomic E-state index is 0.172. The van der Waals surface area contributed by atoms with Crippen LogP contribution in [0.3, 0.4) is 0 Å². The average Bonchev–Trinajstić information content (AvgIpc) is 2.61. The van der Waals surface area contributed by atoms with Gasteiger partial charge in [-0.25, -0.2) is 4.98 Å². The van der Waals surface area contributed by atoms with Crippen molar-refractivity contribution in [2.24, 2.45) is 0 Å². The van der Waals surface area contributed by atoms with Crippen molar-refractivity contribution in [3.8, 4) is 0 Å². The zero-order chi connectivity index (χ0) is 11.6. The normalized spacial score (nSPS) is 18.1. The van der Waals surface area contributed by atoms with Gasteiger partial charge in [0.1, 0.15) is 5.82 Å². The molecule has 1 aromatic rings. The monoisotopic (exact) mass is 259 g/mol. The zero-order valence-corrected chi connectivity index (χ0v) is 10.5. The van der Waals surface area contributed by atoms with Gasteiger partial charge in [-0.15, -0.1) is 0 Å². The first-order chi connectivity index (χ1) is 7.63. The van der Waals surface area contributed by atoms with E-state index in [0.717, 1.165) is 29.7 Å². The zero-order valence-electron chi connectivity index (χ0n) is 8.89. The van der Waals surface area contributed by atoms with E-state index in [1.54, 1.807) is 11.8 Å². The van der Waals surface area contributed by atoms with E-state index in [9.17, 15) is 4.79 Å². The number of hydrogen-bond donors (Lipinski definition) is 2. The van der Waals surface area contributed by atoms with E-state index in [0.29, 0.717) is 0 Å². The molecule has 1 fully saturated rings. The molecule has 2 heterocycles. The highest BCUT2D eigenvalue weighted by Gasteiger charge is 2.41. The highest BCUT2D eigenvalue weighted by atomic mass is 32.2. The Bertz CT molecular complexity index is 390. The summed E-state index contributed by atoms with van der Waals surface area (Å²) in [4.78, 5) is 15.1. The predicted molar refractivity (Wildman–Crippen MR) is 63.0 cm³/mol. The SMILES string of the molecule is CCc1nsc(SC2(CC(=O)O)CNC2)n1. The van der Waals surface area contributed by atoms with E-state index in [1.807, 2.05) is 6.92 Å². The molecule has 5 nitrogen and oxygen atoms in total. The number of carboxylic acid groups (broad SMARTS) is 1. The van der Waals surface area contributed by atoms with Crippen molar-refractivity contribution in [1.29, 1.82) is 0 Å². The van der Waals surface area contributed by atoms with Gasteiger partial charge < -0.3 is 10.4 Å². The summed E-state index contributed by atoms with van der Waals surface area (Å²) in [5.41, 5.74) is 0. The van der Waals surface area contributed by atoms with Crippen molar-refractivity contribution in [1.82, 2.24) is 14.7 Å². The van der Waals surface area contributed by atoms with Crippen LogP contribution >= 0.6 is 23.3 Å². The van der Waals surface area contributed by atoms with Gasteiger partial charge in [0.15, 0.2) is 4.34 Å². The molecule has 1 aliphatic rings. The van der Waals surface area contributed by atoms with Gasteiger partial charge in [0.05, 0.1) is 11.2 Å². The fraction of sp³-hybridized carbons (Fsp3) is 0.667. The summed E-state index contributed by atoms with van der Waals surface area (Å²) in [5.74, 6) is 0.0829. The summed E-state index contributed by atoms with van der Waals surface area (Å²) >= 11 is 2.90. The lowest BCUT2D eigenvalue weighted by molar-refractivity contribution is -0.138. The summed E-state index contributed by atoms with van der Waals surface area (Å²) in [6, 6.07) is 0. The van der Waals surface area contributed by atoms with Crippen molar-refractivity contribution in [2.75, 3.05) is 13.1 Å². The summed E-state index contributed by atoms with van der Waals surface area (Å²) < 4.78 is 4.85. The second-order valence-corrected chi connectivity index (χ2v) is 6.26. The minimum Gasteiger partial charge on any atom is -0.481 e. The second-order valence-electron chi connectivity index (χ2n) is 3.79. The van der Waals surface area contributed by atoms with Crippen LogP contribution in [-0.4, -0.2) is 38.3 Å². The number of nitrogens with one attached hydrogen (secondary N) is 1. The van der Waals surface area contributed by atoms with Crippen LogP contribution in [0.15, 0.2) is 4.34 Å². The van der Waals surface area contributed by atoms with Crippen molar-refractivity contribution in [3.63, 3.8) is 0 Å². The fourth-order valence-electron chi connectivity index (χ4n) is 1.52. The van der Waals surface area contributed by atoms with E-state index in [2.05, 4.69) is 14.7 Å². The summed E-state index contributed by atoms with van der Waals surface area (Å²) in [5, 5.41) is 12.0. The topological polar surface area (TPSA) is 75.1 Å². The Kier molecular flexibility index (Phi) is 3.46. The highest BCUT2D eigenvalue weighted by molar-refractivity contribution is 8.02. The molecule has 0 atom stereocenters. The molecule has 16 heavy (non-hydrogen) atoms. The molecular formula is C9H13N3O2S2. The first-order valence-corrected chi connectivity index (χ1v) is 6.67. The number of thioether (sulfide) groups is 1. The van der Waals surface area contributed by atoms with E-state index in [-0.39, 0.29) is 11.2 Å². The summed E-state index contributed by atoms with van der Waals surface area (Å²) in [6.07, 6.45) is 0.993. The quantitative estimate of drug-likeness (QED) is 0.822. The molecule has 0 radical (unpaired) electrons. The Balaban J connectivity index is 2.03. The van der Waals surface area contributed by atoms with Crippen LogP contribution in [0, 0.1) is 0 Å². The third-order valence-corrected chi connectivity index (χ3v) is 4.59. The first-order valence-electron chi connectivity index (χ1n) is 5.08. The Hall–Kier alpha value is -0.660. The summed E-state index contributed by atoms with van der Waals surface area (Å²) in [7, 11) is 0. The van der Waals surface area contributed by atoms with Gasteiger partial charge in [-0.2, -0.15) is 4.37 Å². The summed E-state index contributed by atoms with van der Waals surface area (Å²) in [6.45, 7) is 3.46. The molecule has 0 spiro atoms. The van der Waals surface area contributed by atoms with Crippen molar-refractivity contribution >= 4 is 29.3 Å². The highest BCUT2D eigenvalue weighted by Crippen LogP contribution is 2.39. The molecule has 0 unspecified atom stereocenters. The number of rotatable bonds is 5.